The lowest BCUT2D eigenvalue weighted by atomic mass is 9.84. The monoisotopic (exact) mass is 306 g/mol. The number of hydrogen-bond donors (Lipinski definition) is 0. The van der Waals surface area contributed by atoms with Gasteiger partial charge in [0.15, 0.2) is 0 Å². The van der Waals surface area contributed by atoms with E-state index in [1.54, 1.807) is 0 Å². The van der Waals surface area contributed by atoms with Gasteiger partial charge >= 0.3 is 11.9 Å². The molecule has 0 rings (SSSR count). The van der Waals surface area contributed by atoms with E-state index in [0.717, 1.165) is 31.3 Å². The molecule has 0 aliphatic heterocycles. The van der Waals surface area contributed by atoms with Gasteiger partial charge in [0, 0.05) is 12.8 Å². The van der Waals surface area contributed by atoms with Crippen LogP contribution in [0.15, 0.2) is 17.4 Å². The van der Waals surface area contributed by atoms with Crippen molar-refractivity contribution in [2.75, 3.05) is 14.2 Å². The zero-order chi connectivity index (χ0) is 17.0. The highest BCUT2D eigenvalue weighted by Gasteiger charge is 2.46. The van der Waals surface area contributed by atoms with E-state index in [1.165, 1.54) is 20.3 Å². The maximum absolute atomic E-state index is 12.1. The maximum Gasteiger partial charge on any atom is 0.328 e. The van der Waals surface area contributed by atoms with Gasteiger partial charge in [0.05, 0.1) is 14.2 Å². The summed E-state index contributed by atoms with van der Waals surface area (Å²) in [5.74, 6) is 4.54. The van der Waals surface area contributed by atoms with E-state index in [4.69, 9.17) is 9.47 Å². The van der Waals surface area contributed by atoms with Crippen molar-refractivity contribution in [3.63, 3.8) is 0 Å². The average Bonchev–Trinajstić information content (AvgIpc) is 2.52. The zero-order valence-corrected chi connectivity index (χ0v) is 14.2. The first-order valence-electron chi connectivity index (χ1n) is 7.48. The number of rotatable bonds is 7. The van der Waals surface area contributed by atoms with Crippen molar-refractivity contribution in [1.29, 1.82) is 0 Å². The normalized spacial score (nSPS) is 9.86. The lowest BCUT2D eigenvalue weighted by Crippen LogP contribution is -2.39. The summed E-state index contributed by atoms with van der Waals surface area (Å²) in [6, 6.07) is 0. The van der Waals surface area contributed by atoms with Crippen LogP contribution in [0.3, 0.4) is 0 Å². The minimum Gasteiger partial charge on any atom is -0.468 e. The smallest absolute Gasteiger partial charge is 0.328 e. The van der Waals surface area contributed by atoms with Gasteiger partial charge in [-0.1, -0.05) is 19.8 Å². The van der Waals surface area contributed by atoms with Gasteiger partial charge in [-0.2, -0.15) is 0 Å². The third-order valence-electron chi connectivity index (χ3n) is 3.10. The van der Waals surface area contributed by atoms with Crippen molar-refractivity contribution < 1.29 is 19.1 Å². The molecule has 0 atom stereocenters. The van der Waals surface area contributed by atoms with Crippen molar-refractivity contribution in [2.45, 2.75) is 52.9 Å². The molecule has 0 spiro atoms. The number of hydrogen-bond acceptors (Lipinski definition) is 4. The van der Waals surface area contributed by atoms with Crippen LogP contribution in [-0.2, 0) is 19.1 Å². The molecule has 22 heavy (non-hydrogen) atoms. The number of carbonyl (C=O) groups excluding carboxylic acids is 2. The van der Waals surface area contributed by atoms with Gasteiger partial charge in [-0.15, -0.1) is 17.6 Å². The van der Waals surface area contributed by atoms with Gasteiger partial charge in [-0.05, 0) is 31.9 Å². The molecule has 0 aromatic heterocycles. The Hall–Kier alpha value is -1.98. The third-order valence-corrected chi connectivity index (χ3v) is 3.10. The van der Waals surface area contributed by atoms with E-state index in [9.17, 15) is 9.59 Å². The second kappa shape index (κ2) is 10.7. The molecule has 0 saturated carbocycles. The van der Waals surface area contributed by atoms with E-state index in [2.05, 4.69) is 24.5 Å². The number of esters is 2. The minimum absolute atomic E-state index is 0.0265. The van der Waals surface area contributed by atoms with Crippen LogP contribution in [0, 0.1) is 17.3 Å². The Bertz CT molecular complexity index is 479. The van der Waals surface area contributed by atoms with Crippen molar-refractivity contribution in [3.8, 4) is 11.8 Å². The Labute approximate surface area is 133 Å². The summed E-state index contributed by atoms with van der Waals surface area (Å²) < 4.78 is 9.56. The highest BCUT2D eigenvalue weighted by Crippen LogP contribution is 2.27. The molecule has 0 fully saturated rings. The van der Waals surface area contributed by atoms with Crippen LogP contribution in [0.4, 0.5) is 0 Å². The SMILES string of the molecule is CCCCCC#CCC(C=C=C(C)C)(C(=O)OC)C(=O)OC. The van der Waals surface area contributed by atoms with Crippen LogP contribution in [-0.4, -0.2) is 26.2 Å². The minimum atomic E-state index is -1.56. The van der Waals surface area contributed by atoms with Gasteiger partial charge in [0.1, 0.15) is 0 Å². The van der Waals surface area contributed by atoms with Gasteiger partial charge in [-0.3, -0.25) is 9.59 Å². The molecule has 122 valence electrons. The Morgan fingerprint density at radius 1 is 1.05 bits per heavy atom. The fourth-order valence-corrected chi connectivity index (χ4v) is 1.78. The van der Waals surface area contributed by atoms with Crippen LogP contribution in [0.1, 0.15) is 52.9 Å². The first-order valence-corrected chi connectivity index (χ1v) is 7.48. The average molecular weight is 306 g/mol. The summed E-state index contributed by atoms with van der Waals surface area (Å²) in [6.07, 6.45) is 5.43. The fraction of sp³-hybridized carbons (Fsp3) is 0.611. The molecule has 0 saturated heterocycles. The molecular weight excluding hydrogens is 280 g/mol. The predicted molar refractivity (Wildman–Crippen MR) is 85.9 cm³/mol. The molecule has 0 heterocycles. The number of carbonyl (C=O) groups is 2. The number of ether oxygens (including phenoxy) is 2. The molecule has 0 amide bonds. The van der Waals surface area contributed by atoms with Crippen molar-refractivity contribution >= 4 is 11.9 Å². The van der Waals surface area contributed by atoms with E-state index >= 15 is 0 Å². The van der Waals surface area contributed by atoms with Crippen LogP contribution in [0.25, 0.3) is 0 Å². The molecule has 0 aromatic rings. The lowest BCUT2D eigenvalue weighted by molar-refractivity contribution is -0.164. The summed E-state index contributed by atoms with van der Waals surface area (Å²) in [5.41, 5.74) is 2.18. The lowest BCUT2D eigenvalue weighted by Gasteiger charge is -2.21. The van der Waals surface area contributed by atoms with Crippen LogP contribution >= 0.6 is 0 Å². The molecule has 0 aromatic carbocycles. The second-order valence-corrected chi connectivity index (χ2v) is 5.23. The molecule has 0 radical (unpaired) electrons. The quantitative estimate of drug-likeness (QED) is 0.238. The Balaban J connectivity index is 5.42. The number of methoxy groups -OCH3 is 2. The van der Waals surface area contributed by atoms with Gasteiger partial charge in [0.25, 0.3) is 0 Å². The third kappa shape index (κ3) is 6.20. The molecule has 0 N–H and O–H groups in total. The zero-order valence-electron chi connectivity index (χ0n) is 14.2. The van der Waals surface area contributed by atoms with Crippen molar-refractivity contribution in [3.05, 3.63) is 17.4 Å². The first kappa shape index (κ1) is 20.0. The second-order valence-electron chi connectivity index (χ2n) is 5.23. The summed E-state index contributed by atoms with van der Waals surface area (Å²) in [6.45, 7) is 5.77. The van der Waals surface area contributed by atoms with Crippen LogP contribution in [0.2, 0.25) is 0 Å². The Kier molecular flexibility index (Phi) is 9.74. The standard InChI is InChI=1S/C18H26O4/c1-6-7-8-9-10-11-13-18(16(19)21-4,17(20)22-5)14-12-15(2)3/h14H,6-9,13H2,1-5H3. The summed E-state index contributed by atoms with van der Waals surface area (Å²) >= 11 is 0. The largest absolute Gasteiger partial charge is 0.468 e. The Morgan fingerprint density at radius 3 is 2.09 bits per heavy atom. The molecule has 4 heteroatoms. The van der Waals surface area contributed by atoms with E-state index < -0.39 is 17.4 Å². The predicted octanol–water partition coefficient (Wildman–Crippen LogP) is 3.41. The van der Waals surface area contributed by atoms with E-state index in [-0.39, 0.29) is 6.42 Å². The molecule has 0 aliphatic carbocycles. The van der Waals surface area contributed by atoms with Crippen molar-refractivity contribution in [1.82, 2.24) is 0 Å². The van der Waals surface area contributed by atoms with E-state index in [0.29, 0.717) is 0 Å². The fourth-order valence-electron chi connectivity index (χ4n) is 1.78. The molecule has 0 aliphatic rings. The van der Waals surface area contributed by atoms with Gasteiger partial charge in [0.2, 0.25) is 5.41 Å². The highest BCUT2D eigenvalue weighted by atomic mass is 16.5. The van der Waals surface area contributed by atoms with Crippen LogP contribution < -0.4 is 0 Å². The molecule has 4 nitrogen and oxygen atoms in total. The number of unbranched alkanes of at least 4 members (excludes halogenated alkanes) is 3. The Morgan fingerprint density at radius 2 is 1.64 bits per heavy atom. The van der Waals surface area contributed by atoms with E-state index in [1.807, 2.05) is 13.8 Å². The first-order chi connectivity index (χ1) is 10.4. The topological polar surface area (TPSA) is 52.6 Å². The summed E-state index contributed by atoms with van der Waals surface area (Å²) in [4.78, 5) is 24.3. The van der Waals surface area contributed by atoms with Gasteiger partial charge < -0.3 is 9.47 Å². The highest BCUT2D eigenvalue weighted by molar-refractivity contribution is 6.02. The molecule has 0 bridgehead atoms. The van der Waals surface area contributed by atoms with Crippen molar-refractivity contribution in [2.24, 2.45) is 5.41 Å². The molecule has 0 unspecified atom stereocenters. The summed E-state index contributed by atoms with van der Waals surface area (Å²) in [5, 5.41) is 0. The van der Waals surface area contributed by atoms with Crippen LogP contribution in [0.5, 0.6) is 0 Å². The summed E-state index contributed by atoms with van der Waals surface area (Å²) in [7, 11) is 2.48. The van der Waals surface area contributed by atoms with Gasteiger partial charge in [-0.25, -0.2) is 0 Å². The molecular formula is C18H26O4. The maximum atomic E-state index is 12.1.